The Morgan fingerprint density at radius 2 is 1.68 bits per heavy atom. The van der Waals surface area contributed by atoms with Crippen molar-refractivity contribution in [1.82, 2.24) is 0 Å². The summed E-state index contributed by atoms with van der Waals surface area (Å²) in [6.45, 7) is 9.83. The van der Waals surface area contributed by atoms with E-state index in [4.69, 9.17) is 11.6 Å². The number of fused-ring (bicyclic) bond motifs is 5. The Morgan fingerprint density at radius 1 is 0.946 bits per heavy atom. The van der Waals surface area contributed by atoms with Gasteiger partial charge in [-0.25, -0.2) is 0 Å². The molecule has 0 amide bonds. The Kier molecular flexibility index (Phi) is 11.0. The molecule has 0 N–H and O–H groups in total. The molecule has 0 radical (unpaired) electrons. The van der Waals surface area contributed by atoms with E-state index < -0.39 is 0 Å². The number of hydrogen-bond donors (Lipinski definition) is 0. The maximum Gasteiger partial charge on any atom is 0.207 e. The zero-order valence-corrected chi connectivity index (χ0v) is 26.2. The lowest BCUT2D eigenvalue weighted by Gasteiger charge is -2.58. The standard InChI is InChI=1S/C34H57ClOS/c1-5-7-9-10-11-13-14-25-17-19-29-28-18-16-26-24-27(37-32(36)31(35)15-12-8-6-2)20-22-34(26,4)30(28)21-23-33(25,29)3/h16,25,27-31H,5-15,17-24H2,1-4H3/t25-,27+,28+,29-,30-,31-,33-,34+/m1/s1. The SMILES string of the molecule is CCCCCCCC[C@@H]1CC[C@@H]2[C@@H]3CC=C4C[C@@H](SC(=O)[C@H](Cl)CCCCC)CC[C@]4(C)[C@@H]3CC[C@]12C. The number of allylic oxidation sites excluding steroid dienone is 2. The number of rotatable bonds is 13. The molecule has 8 atom stereocenters. The first kappa shape index (κ1) is 30.0. The van der Waals surface area contributed by atoms with Gasteiger partial charge in [-0.2, -0.15) is 0 Å². The number of carbonyl (C=O) groups excluding carboxylic acids is 1. The maximum atomic E-state index is 12.8. The van der Waals surface area contributed by atoms with Gasteiger partial charge >= 0.3 is 0 Å². The van der Waals surface area contributed by atoms with E-state index in [-0.39, 0.29) is 10.5 Å². The van der Waals surface area contributed by atoms with E-state index in [1.807, 2.05) is 0 Å². The third kappa shape index (κ3) is 6.69. The predicted octanol–water partition coefficient (Wildman–Crippen LogP) is 11.1. The number of thioether (sulfide) groups is 1. The van der Waals surface area contributed by atoms with Gasteiger partial charge < -0.3 is 0 Å². The number of halogens is 1. The van der Waals surface area contributed by atoms with Gasteiger partial charge in [0.1, 0.15) is 5.38 Å². The Hall–Kier alpha value is 0.0500. The molecular weight excluding hydrogens is 492 g/mol. The summed E-state index contributed by atoms with van der Waals surface area (Å²) < 4.78 is 0. The molecule has 0 saturated heterocycles. The van der Waals surface area contributed by atoms with Crippen LogP contribution in [0.25, 0.3) is 0 Å². The van der Waals surface area contributed by atoms with Gasteiger partial charge in [0.05, 0.1) is 0 Å². The van der Waals surface area contributed by atoms with Crippen LogP contribution < -0.4 is 0 Å². The van der Waals surface area contributed by atoms with E-state index in [0.29, 0.717) is 16.1 Å². The minimum Gasteiger partial charge on any atom is -0.286 e. The molecule has 37 heavy (non-hydrogen) atoms. The van der Waals surface area contributed by atoms with Crippen LogP contribution in [0.4, 0.5) is 0 Å². The average molecular weight is 549 g/mol. The number of hydrogen-bond acceptors (Lipinski definition) is 2. The summed E-state index contributed by atoms with van der Waals surface area (Å²) in [5.74, 6) is 3.69. The lowest BCUT2D eigenvalue weighted by Crippen LogP contribution is -2.50. The molecule has 0 spiro atoms. The van der Waals surface area contributed by atoms with E-state index in [1.165, 1.54) is 103 Å². The molecule has 3 saturated carbocycles. The minimum absolute atomic E-state index is 0.233. The van der Waals surface area contributed by atoms with Crippen molar-refractivity contribution < 1.29 is 4.79 Å². The molecule has 212 valence electrons. The van der Waals surface area contributed by atoms with Crippen LogP contribution in [0, 0.1) is 34.5 Å². The fraction of sp³-hybridized carbons (Fsp3) is 0.912. The molecule has 0 aromatic heterocycles. The first-order valence-corrected chi connectivity index (χ1v) is 17.7. The lowest BCUT2D eigenvalue weighted by atomic mass is 9.47. The molecule has 0 aromatic carbocycles. The molecule has 0 bridgehead atoms. The third-order valence-electron chi connectivity index (χ3n) is 11.8. The molecule has 3 heteroatoms. The van der Waals surface area contributed by atoms with Crippen molar-refractivity contribution >= 4 is 28.5 Å². The van der Waals surface area contributed by atoms with Crippen molar-refractivity contribution in [3.63, 3.8) is 0 Å². The lowest BCUT2D eigenvalue weighted by molar-refractivity contribution is -0.110. The summed E-state index contributed by atoms with van der Waals surface area (Å²) in [6, 6.07) is 0. The van der Waals surface area contributed by atoms with Gasteiger partial charge in [0, 0.05) is 5.25 Å². The highest BCUT2D eigenvalue weighted by atomic mass is 35.5. The second kappa shape index (κ2) is 13.6. The highest BCUT2D eigenvalue weighted by Crippen LogP contribution is 2.67. The zero-order chi connectivity index (χ0) is 26.5. The van der Waals surface area contributed by atoms with Crippen molar-refractivity contribution in [2.24, 2.45) is 34.5 Å². The fourth-order valence-electron chi connectivity index (χ4n) is 9.41. The molecule has 3 fully saturated rings. The quantitative estimate of drug-likeness (QED) is 0.129. The van der Waals surface area contributed by atoms with Gasteiger partial charge in [-0.15, -0.1) is 11.6 Å². The van der Waals surface area contributed by atoms with Gasteiger partial charge in [0.15, 0.2) is 0 Å². The van der Waals surface area contributed by atoms with E-state index in [2.05, 4.69) is 33.8 Å². The minimum atomic E-state index is -0.294. The summed E-state index contributed by atoms with van der Waals surface area (Å²) in [6.07, 6.45) is 27.8. The van der Waals surface area contributed by atoms with Crippen molar-refractivity contribution in [2.75, 3.05) is 0 Å². The van der Waals surface area contributed by atoms with E-state index >= 15 is 0 Å². The van der Waals surface area contributed by atoms with Gasteiger partial charge in [0.2, 0.25) is 5.12 Å². The molecule has 1 nitrogen and oxygen atoms in total. The van der Waals surface area contributed by atoms with Crippen LogP contribution in [0.2, 0.25) is 0 Å². The maximum absolute atomic E-state index is 12.8. The fourth-order valence-corrected chi connectivity index (χ4v) is 10.8. The van der Waals surface area contributed by atoms with Gasteiger partial charge in [0.25, 0.3) is 0 Å². The summed E-state index contributed by atoms with van der Waals surface area (Å²) in [5.41, 5.74) is 2.68. The van der Waals surface area contributed by atoms with Gasteiger partial charge in [-0.3, -0.25) is 4.79 Å². The summed E-state index contributed by atoms with van der Waals surface area (Å²) in [4.78, 5) is 12.8. The Morgan fingerprint density at radius 3 is 2.46 bits per heavy atom. The molecule has 0 aliphatic heterocycles. The second-order valence-corrected chi connectivity index (χ2v) is 15.7. The van der Waals surface area contributed by atoms with Crippen molar-refractivity contribution in [3.8, 4) is 0 Å². The second-order valence-electron chi connectivity index (χ2n) is 13.9. The van der Waals surface area contributed by atoms with Crippen LogP contribution in [0.5, 0.6) is 0 Å². The summed E-state index contributed by atoms with van der Waals surface area (Å²) in [7, 11) is 0. The Bertz CT molecular complexity index is 778. The first-order chi connectivity index (χ1) is 17.8. The smallest absolute Gasteiger partial charge is 0.207 e. The van der Waals surface area contributed by atoms with Crippen molar-refractivity contribution in [2.45, 2.75) is 160 Å². The highest BCUT2D eigenvalue weighted by Gasteiger charge is 2.58. The summed E-state index contributed by atoms with van der Waals surface area (Å²) in [5, 5.41) is 0.381. The van der Waals surface area contributed by atoms with Crippen LogP contribution in [0.3, 0.4) is 0 Å². The van der Waals surface area contributed by atoms with Crippen molar-refractivity contribution in [3.05, 3.63) is 11.6 Å². The number of unbranched alkanes of at least 4 members (excludes halogenated alkanes) is 7. The zero-order valence-electron chi connectivity index (χ0n) is 24.7. The molecule has 4 rings (SSSR count). The van der Waals surface area contributed by atoms with Crippen molar-refractivity contribution in [1.29, 1.82) is 0 Å². The topological polar surface area (TPSA) is 17.1 Å². The van der Waals surface area contributed by atoms with E-state index in [0.717, 1.165) is 42.9 Å². The van der Waals surface area contributed by atoms with Gasteiger partial charge in [-0.05, 0) is 98.7 Å². The van der Waals surface area contributed by atoms with Crippen LogP contribution in [0.1, 0.15) is 150 Å². The molecule has 0 unspecified atom stereocenters. The number of alkyl halides is 1. The highest BCUT2D eigenvalue weighted by molar-refractivity contribution is 8.14. The van der Waals surface area contributed by atoms with Crippen LogP contribution in [-0.2, 0) is 4.79 Å². The molecule has 4 aliphatic rings. The first-order valence-electron chi connectivity index (χ1n) is 16.4. The third-order valence-corrected chi connectivity index (χ3v) is 13.6. The Balaban J connectivity index is 1.32. The molecule has 0 heterocycles. The van der Waals surface area contributed by atoms with E-state index in [1.54, 1.807) is 17.3 Å². The van der Waals surface area contributed by atoms with Crippen LogP contribution in [-0.4, -0.2) is 15.7 Å². The number of carbonyl (C=O) groups is 1. The molecule has 4 aliphatic carbocycles. The average Bonchev–Trinajstić information content (AvgIpc) is 3.22. The van der Waals surface area contributed by atoms with Gasteiger partial charge in [-0.1, -0.05) is 109 Å². The Labute approximate surface area is 239 Å². The van der Waals surface area contributed by atoms with Crippen LogP contribution in [0.15, 0.2) is 11.6 Å². The molecule has 0 aromatic rings. The summed E-state index contributed by atoms with van der Waals surface area (Å²) >= 11 is 8.08. The largest absolute Gasteiger partial charge is 0.286 e. The van der Waals surface area contributed by atoms with Crippen LogP contribution >= 0.6 is 23.4 Å². The molecular formula is C34H57ClOS. The predicted molar refractivity (Wildman–Crippen MR) is 163 cm³/mol. The normalized spacial score (nSPS) is 37.9. The van der Waals surface area contributed by atoms with E-state index in [9.17, 15) is 4.79 Å². The monoisotopic (exact) mass is 548 g/mol.